The van der Waals surface area contributed by atoms with E-state index < -0.39 is 10.0 Å². The molecule has 0 aromatic heterocycles. The summed E-state index contributed by atoms with van der Waals surface area (Å²) in [5.74, 6) is 0.667. The summed E-state index contributed by atoms with van der Waals surface area (Å²) in [6.45, 7) is 7.09. The van der Waals surface area contributed by atoms with Crippen molar-refractivity contribution in [1.29, 1.82) is 0 Å². The van der Waals surface area contributed by atoms with Gasteiger partial charge in [-0.15, -0.1) is 11.8 Å². The number of hydrogen-bond donors (Lipinski definition) is 3. The zero-order valence-electron chi connectivity index (χ0n) is 21.0. The van der Waals surface area contributed by atoms with Gasteiger partial charge in [0.25, 0.3) is 10.0 Å². The van der Waals surface area contributed by atoms with Gasteiger partial charge in [0, 0.05) is 34.2 Å². The van der Waals surface area contributed by atoms with Crippen molar-refractivity contribution in [2.75, 3.05) is 24.3 Å². The fourth-order valence-corrected chi connectivity index (χ4v) is 6.36. The van der Waals surface area contributed by atoms with E-state index in [1.54, 1.807) is 19.1 Å². The molecule has 3 aromatic rings. The van der Waals surface area contributed by atoms with Crippen LogP contribution in [0.25, 0.3) is 0 Å². The summed E-state index contributed by atoms with van der Waals surface area (Å²) >= 11 is 7.79. The van der Waals surface area contributed by atoms with E-state index in [4.69, 9.17) is 11.6 Å². The van der Waals surface area contributed by atoms with Crippen molar-refractivity contribution in [2.24, 2.45) is 15.5 Å². The van der Waals surface area contributed by atoms with Gasteiger partial charge < -0.3 is 5.32 Å². The number of halogens is 1. The summed E-state index contributed by atoms with van der Waals surface area (Å²) in [5, 5.41) is 8.22. The average molecular weight is 556 g/mol. The number of benzene rings is 3. The summed E-state index contributed by atoms with van der Waals surface area (Å²) in [7, 11) is -3.91. The van der Waals surface area contributed by atoms with E-state index in [-0.39, 0.29) is 16.3 Å². The van der Waals surface area contributed by atoms with E-state index >= 15 is 0 Å². The first-order valence-electron chi connectivity index (χ1n) is 11.8. The quantitative estimate of drug-likeness (QED) is 0.193. The van der Waals surface area contributed by atoms with Crippen LogP contribution in [0.15, 0.2) is 92.7 Å². The molecule has 1 aliphatic rings. The molecular formula is C27H30ClN5O2S2. The molecule has 0 atom stereocenters. The molecule has 0 amide bonds. The molecule has 1 aliphatic heterocycles. The first-order valence-corrected chi connectivity index (χ1v) is 14.6. The van der Waals surface area contributed by atoms with Crippen molar-refractivity contribution in [3.05, 3.63) is 88.9 Å². The number of rotatable bonds is 8. The second kappa shape index (κ2) is 11.6. The molecular weight excluding hydrogens is 526 g/mol. The van der Waals surface area contributed by atoms with E-state index in [2.05, 4.69) is 39.4 Å². The third kappa shape index (κ3) is 7.28. The van der Waals surface area contributed by atoms with Crippen LogP contribution < -0.4 is 15.5 Å². The highest BCUT2D eigenvalue weighted by Crippen LogP contribution is 2.32. The van der Waals surface area contributed by atoms with Gasteiger partial charge in [0.1, 0.15) is 4.90 Å². The number of anilines is 1. The summed E-state index contributed by atoms with van der Waals surface area (Å²) in [6, 6.07) is 22.7. The maximum atomic E-state index is 13.4. The number of nitrogens with one attached hydrogen (secondary N) is 3. The van der Waals surface area contributed by atoms with Gasteiger partial charge in [-0.2, -0.15) is 5.10 Å². The van der Waals surface area contributed by atoms with Crippen molar-refractivity contribution in [3.8, 4) is 0 Å². The van der Waals surface area contributed by atoms with Crippen LogP contribution in [0.4, 0.5) is 5.69 Å². The normalized spacial score (nSPS) is 15.5. The average Bonchev–Trinajstić information content (AvgIpc) is 2.88. The largest absolute Gasteiger partial charge is 0.355 e. The topological polar surface area (TPSA) is 95.0 Å². The standard InChI is InChI=1S/C27H30ClN5O2S2/c1-19-14-25(37(34,35)33-26-29-17-27(2,3)18-30-26)24(15-22(19)28)36-16-23(20-10-6-4-7-11-20)32-31-21-12-8-5-9-13-21/h4-15,31H,16-18H2,1-3H3,(H2,29,30,33)/b32-23-. The first kappa shape index (κ1) is 27.0. The molecule has 0 unspecified atom stereocenters. The molecule has 3 N–H and O–H groups in total. The number of nitrogens with zero attached hydrogens (tertiary/aromatic N) is 2. The predicted molar refractivity (Wildman–Crippen MR) is 154 cm³/mol. The van der Waals surface area contributed by atoms with Crippen LogP contribution in [-0.2, 0) is 10.0 Å². The van der Waals surface area contributed by atoms with Gasteiger partial charge >= 0.3 is 0 Å². The molecule has 1 heterocycles. The fraction of sp³-hybridized carbons (Fsp3) is 0.259. The minimum atomic E-state index is -3.91. The Hall–Kier alpha value is -3.01. The second-order valence-electron chi connectivity index (χ2n) is 9.53. The van der Waals surface area contributed by atoms with Crippen LogP contribution in [-0.4, -0.2) is 38.9 Å². The molecule has 0 spiro atoms. The SMILES string of the molecule is Cc1cc(S(=O)(=O)NC2=NCC(C)(C)CN2)c(SC/C(=N/Nc2ccccc2)c2ccccc2)cc1Cl. The Kier molecular flexibility index (Phi) is 8.46. The van der Waals surface area contributed by atoms with Gasteiger partial charge in [0.2, 0.25) is 5.96 Å². The highest BCUT2D eigenvalue weighted by atomic mass is 35.5. The van der Waals surface area contributed by atoms with Crippen molar-refractivity contribution in [2.45, 2.75) is 30.6 Å². The molecule has 0 radical (unpaired) electrons. The zero-order chi connectivity index (χ0) is 26.5. The fourth-order valence-electron chi connectivity index (χ4n) is 3.54. The molecule has 37 heavy (non-hydrogen) atoms. The Morgan fingerprint density at radius 1 is 1.11 bits per heavy atom. The Labute approximate surface area is 227 Å². The molecule has 0 fully saturated rings. The maximum Gasteiger partial charge on any atom is 0.265 e. The minimum Gasteiger partial charge on any atom is -0.355 e. The number of sulfonamides is 1. The summed E-state index contributed by atoms with van der Waals surface area (Å²) in [6.07, 6.45) is 0. The van der Waals surface area contributed by atoms with E-state index in [9.17, 15) is 8.42 Å². The van der Waals surface area contributed by atoms with Gasteiger partial charge in [0.15, 0.2) is 0 Å². The predicted octanol–water partition coefficient (Wildman–Crippen LogP) is 5.52. The molecule has 0 saturated carbocycles. The van der Waals surface area contributed by atoms with Gasteiger partial charge in [-0.3, -0.25) is 10.4 Å². The van der Waals surface area contributed by atoms with Crippen molar-refractivity contribution < 1.29 is 8.42 Å². The molecule has 7 nitrogen and oxygen atoms in total. The molecule has 194 valence electrons. The van der Waals surface area contributed by atoms with Gasteiger partial charge in [-0.1, -0.05) is 74.0 Å². The number of guanidine groups is 1. The van der Waals surface area contributed by atoms with Crippen molar-refractivity contribution in [3.63, 3.8) is 0 Å². The number of aryl methyl sites for hydroxylation is 1. The monoisotopic (exact) mass is 555 g/mol. The lowest BCUT2D eigenvalue weighted by Crippen LogP contribution is -2.49. The molecule has 0 saturated heterocycles. The number of hydrogen-bond acceptors (Lipinski definition) is 7. The lowest BCUT2D eigenvalue weighted by atomic mass is 9.93. The van der Waals surface area contributed by atoms with Crippen molar-refractivity contribution in [1.82, 2.24) is 10.0 Å². The van der Waals surface area contributed by atoms with Gasteiger partial charge in [0.05, 0.1) is 11.4 Å². The summed E-state index contributed by atoms with van der Waals surface area (Å²) in [5.41, 5.74) is 6.30. The highest BCUT2D eigenvalue weighted by Gasteiger charge is 2.27. The van der Waals surface area contributed by atoms with Gasteiger partial charge in [-0.25, -0.2) is 13.1 Å². The van der Waals surface area contributed by atoms with Crippen molar-refractivity contribution >= 4 is 50.7 Å². The zero-order valence-corrected chi connectivity index (χ0v) is 23.3. The van der Waals surface area contributed by atoms with Crippen LogP contribution in [0.2, 0.25) is 5.02 Å². The van der Waals surface area contributed by atoms with Crippen LogP contribution >= 0.6 is 23.4 Å². The van der Waals surface area contributed by atoms with Crippen LogP contribution in [0.5, 0.6) is 0 Å². The molecule has 0 bridgehead atoms. The summed E-state index contributed by atoms with van der Waals surface area (Å²) in [4.78, 5) is 5.07. The molecule has 3 aromatic carbocycles. The van der Waals surface area contributed by atoms with Crippen LogP contribution in [0.1, 0.15) is 25.0 Å². The number of hydrazone groups is 1. The molecule has 0 aliphatic carbocycles. The minimum absolute atomic E-state index is 0.0340. The third-order valence-electron chi connectivity index (χ3n) is 5.71. The Balaban J connectivity index is 1.61. The second-order valence-corrected chi connectivity index (χ2v) is 12.6. The maximum absolute atomic E-state index is 13.4. The number of thioether (sulfide) groups is 1. The lowest BCUT2D eigenvalue weighted by Gasteiger charge is -2.29. The Morgan fingerprint density at radius 2 is 1.78 bits per heavy atom. The van der Waals surface area contributed by atoms with E-state index in [0.717, 1.165) is 17.0 Å². The van der Waals surface area contributed by atoms with Gasteiger partial charge in [-0.05, 0) is 42.3 Å². The van der Waals surface area contributed by atoms with E-state index in [0.29, 0.717) is 34.3 Å². The first-order chi connectivity index (χ1) is 17.6. The van der Waals surface area contributed by atoms with E-state index in [1.807, 2.05) is 60.7 Å². The summed E-state index contributed by atoms with van der Waals surface area (Å²) < 4.78 is 29.5. The molecule has 4 rings (SSSR count). The van der Waals surface area contributed by atoms with E-state index in [1.165, 1.54) is 11.8 Å². The molecule has 10 heteroatoms. The number of aliphatic imine (C=N–C) groups is 1. The Bertz CT molecular complexity index is 1410. The lowest BCUT2D eigenvalue weighted by molar-refractivity contribution is 0.360. The third-order valence-corrected chi connectivity index (χ3v) is 8.69. The Morgan fingerprint density at radius 3 is 2.43 bits per heavy atom. The number of para-hydroxylation sites is 1. The highest BCUT2D eigenvalue weighted by molar-refractivity contribution is 8.00. The van der Waals surface area contributed by atoms with Crippen LogP contribution in [0, 0.1) is 12.3 Å². The van der Waals surface area contributed by atoms with Crippen LogP contribution in [0.3, 0.4) is 0 Å². The smallest absolute Gasteiger partial charge is 0.265 e.